The third-order valence-electron chi connectivity index (χ3n) is 4.47. The van der Waals surface area contributed by atoms with Gasteiger partial charge in [0.05, 0.1) is 11.4 Å². The quantitative estimate of drug-likeness (QED) is 0.423. The molecule has 1 heterocycles. The molecule has 3 aromatic carbocycles. The number of nitrogens with zero attached hydrogens (tertiary/aromatic N) is 2. The lowest BCUT2D eigenvalue weighted by molar-refractivity contribution is 0.305. The van der Waals surface area contributed by atoms with E-state index in [4.69, 9.17) is 16.3 Å². The number of aryl methyl sites for hydroxylation is 1. The van der Waals surface area contributed by atoms with Gasteiger partial charge in [0.25, 0.3) is 0 Å². The van der Waals surface area contributed by atoms with Crippen molar-refractivity contribution < 1.29 is 4.74 Å². The highest BCUT2D eigenvalue weighted by molar-refractivity contribution is 6.30. The molecule has 0 aliphatic heterocycles. The third kappa shape index (κ3) is 3.74. The fourth-order valence-corrected chi connectivity index (χ4v) is 3.29. The summed E-state index contributed by atoms with van der Waals surface area (Å²) in [6.45, 7) is 2.32. The molecule has 1 aromatic heterocycles. The lowest BCUT2D eigenvalue weighted by Gasteiger charge is -2.08. The maximum atomic E-state index is 6.56. The molecular formula is C23H19ClN2O. The molecule has 0 spiro atoms. The van der Waals surface area contributed by atoms with Crippen molar-refractivity contribution in [2.24, 2.45) is 0 Å². The summed E-state index contributed by atoms with van der Waals surface area (Å²) in [6.07, 6.45) is 0. The van der Waals surface area contributed by atoms with Gasteiger partial charge in [-0.1, -0.05) is 72.3 Å². The van der Waals surface area contributed by atoms with E-state index >= 15 is 0 Å². The monoisotopic (exact) mass is 374 g/mol. The van der Waals surface area contributed by atoms with Crippen molar-refractivity contribution in [1.82, 2.24) is 9.78 Å². The van der Waals surface area contributed by atoms with Crippen LogP contribution in [0.2, 0.25) is 5.15 Å². The van der Waals surface area contributed by atoms with E-state index < -0.39 is 0 Å². The van der Waals surface area contributed by atoms with Crippen LogP contribution in [0.1, 0.15) is 11.3 Å². The summed E-state index contributed by atoms with van der Waals surface area (Å²) in [5.41, 5.74) is 5.04. The number of ether oxygens (including phenoxy) is 1. The van der Waals surface area contributed by atoms with Crippen LogP contribution in [0.4, 0.5) is 0 Å². The van der Waals surface area contributed by atoms with Crippen LogP contribution in [0.25, 0.3) is 16.8 Å². The van der Waals surface area contributed by atoms with Crippen LogP contribution in [-0.4, -0.2) is 9.78 Å². The molecule has 4 heteroatoms. The first-order valence-corrected chi connectivity index (χ1v) is 9.18. The van der Waals surface area contributed by atoms with Gasteiger partial charge in [-0.2, -0.15) is 5.10 Å². The molecule has 0 saturated heterocycles. The summed E-state index contributed by atoms with van der Waals surface area (Å²) in [6, 6.07) is 28.2. The van der Waals surface area contributed by atoms with Crippen molar-refractivity contribution in [3.8, 4) is 22.6 Å². The lowest BCUT2D eigenvalue weighted by atomic mass is 10.1. The molecule has 0 aliphatic carbocycles. The molecule has 0 aliphatic rings. The van der Waals surface area contributed by atoms with Crippen molar-refractivity contribution >= 4 is 11.6 Å². The Bertz CT molecular complexity index is 1030. The van der Waals surface area contributed by atoms with E-state index in [9.17, 15) is 0 Å². The van der Waals surface area contributed by atoms with Gasteiger partial charge in [0, 0.05) is 5.56 Å². The largest absolute Gasteiger partial charge is 0.489 e. The molecule has 0 fully saturated rings. The Morgan fingerprint density at radius 2 is 1.41 bits per heavy atom. The van der Waals surface area contributed by atoms with Gasteiger partial charge >= 0.3 is 0 Å². The molecule has 0 N–H and O–H groups in total. The van der Waals surface area contributed by atoms with Crippen LogP contribution >= 0.6 is 11.6 Å². The number of aromatic nitrogens is 2. The summed E-state index contributed by atoms with van der Waals surface area (Å²) in [7, 11) is 0. The molecule has 0 amide bonds. The normalized spacial score (nSPS) is 10.7. The Balaban J connectivity index is 1.50. The highest BCUT2D eigenvalue weighted by Crippen LogP contribution is 2.26. The second-order valence-corrected chi connectivity index (χ2v) is 6.64. The lowest BCUT2D eigenvalue weighted by Crippen LogP contribution is -1.98. The second kappa shape index (κ2) is 7.68. The predicted octanol–water partition coefficient (Wildman–Crippen LogP) is 6.08. The first kappa shape index (κ1) is 17.4. The summed E-state index contributed by atoms with van der Waals surface area (Å²) in [5, 5.41) is 5.13. The van der Waals surface area contributed by atoms with E-state index in [2.05, 4.69) is 29.4 Å². The number of hydrogen-bond donors (Lipinski definition) is 0. The summed E-state index contributed by atoms with van der Waals surface area (Å²) >= 11 is 6.56. The van der Waals surface area contributed by atoms with E-state index in [1.807, 2.05) is 67.6 Å². The Morgan fingerprint density at radius 3 is 2.07 bits per heavy atom. The predicted molar refractivity (Wildman–Crippen MR) is 110 cm³/mol. The summed E-state index contributed by atoms with van der Waals surface area (Å²) in [5.74, 6) is 0.803. The van der Waals surface area contributed by atoms with Gasteiger partial charge in [-0.25, -0.2) is 4.68 Å². The number of halogens is 1. The van der Waals surface area contributed by atoms with Crippen LogP contribution in [0.3, 0.4) is 0 Å². The zero-order valence-electron chi connectivity index (χ0n) is 15.0. The maximum absolute atomic E-state index is 6.56. The highest BCUT2D eigenvalue weighted by atomic mass is 35.5. The zero-order valence-corrected chi connectivity index (χ0v) is 15.7. The van der Waals surface area contributed by atoms with Crippen LogP contribution in [0, 0.1) is 6.92 Å². The van der Waals surface area contributed by atoms with E-state index in [1.54, 1.807) is 4.68 Å². The molecule has 0 radical (unpaired) electrons. The Morgan fingerprint density at radius 1 is 0.815 bits per heavy atom. The Hall–Kier alpha value is -3.04. The van der Waals surface area contributed by atoms with Gasteiger partial charge in [-0.3, -0.25) is 0 Å². The van der Waals surface area contributed by atoms with Crippen LogP contribution in [-0.2, 0) is 6.61 Å². The minimum atomic E-state index is 0.377. The minimum absolute atomic E-state index is 0.377. The standard InChI is InChI=1S/C23H19ClN2O/c1-17-22(23(24)26(25-17)20-10-6-3-7-11-20)16-27-21-14-12-19(13-15-21)18-8-4-2-5-9-18/h2-15H,16H2,1H3. The molecule has 0 atom stereocenters. The average Bonchev–Trinajstić information content (AvgIpc) is 3.02. The van der Waals surface area contributed by atoms with Crippen molar-refractivity contribution in [2.45, 2.75) is 13.5 Å². The van der Waals surface area contributed by atoms with Gasteiger partial charge in [-0.05, 0) is 42.3 Å². The SMILES string of the molecule is Cc1nn(-c2ccccc2)c(Cl)c1COc1ccc(-c2ccccc2)cc1. The molecule has 4 rings (SSSR count). The van der Waals surface area contributed by atoms with Crippen molar-refractivity contribution in [3.05, 3.63) is 101 Å². The zero-order chi connectivity index (χ0) is 18.6. The number of rotatable bonds is 5. The molecule has 27 heavy (non-hydrogen) atoms. The van der Waals surface area contributed by atoms with E-state index in [0.717, 1.165) is 28.3 Å². The van der Waals surface area contributed by atoms with Crippen molar-refractivity contribution in [1.29, 1.82) is 0 Å². The van der Waals surface area contributed by atoms with E-state index in [0.29, 0.717) is 11.8 Å². The van der Waals surface area contributed by atoms with E-state index in [-0.39, 0.29) is 0 Å². The second-order valence-electron chi connectivity index (χ2n) is 6.28. The number of benzene rings is 3. The first-order valence-electron chi connectivity index (χ1n) is 8.80. The molecule has 134 valence electrons. The third-order valence-corrected chi connectivity index (χ3v) is 4.86. The highest BCUT2D eigenvalue weighted by Gasteiger charge is 2.15. The van der Waals surface area contributed by atoms with Gasteiger partial charge in [0.1, 0.15) is 17.5 Å². The van der Waals surface area contributed by atoms with Crippen LogP contribution < -0.4 is 4.74 Å². The van der Waals surface area contributed by atoms with Gasteiger partial charge in [0.15, 0.2) is 0 Å². The number of para-hydroxylation sites is 1. The summed E-state index contributed by atoms with van der Waals surface area (Å²) in [4.78, 5) is 0. The Labute approximate surface area is 163 Å². The maximum Gasteiger partial charge on any atom is 0.139 e. The molecule has 0 saturated carbocycles. The minimum Gasteiger partial charge on any atom is -0.489 e. The molecule has 0 unspecified atom stereocenters. The molecule has 3 nitrogen and oxygen atoms in total. The smallest absolute Gasteiger partial charge is 0.139 e. The van der Waals surface area contributed by atoms with Crippen LogP contribution in [0.15, 0.2) is 84.9 Å². The van der Waals surface area contributed by atoms with E-state index in [1.165, 1.54) is 5.56 Å². The summed E-state index contributed by atoms with van der Waals surface area (Å²) < 4.78 is 7.70. The number of hydrogen-bond acceptors (Lipinski definition) is 2. The molecule has 4 aromatic rings. The van der Waals surface area contributed by atoms with Gasteiger partial charge < -0.3 is 4.74 Å². The van der Waals surface area contributed by atoms with Crippen LogP contribution in [0.5, 0.6) is 5.75 Å². The van der Waals surface area contributed by atoms with Gasteiger partial charge in [-0.15, -0.1) is 0 Å². The first-order chi connectivity index (χ1) is 13.2. The van der Waals surface area contributed by atoms with Crippen molar-refractivity contribution in [2.75, 3.05) is 0 Å². The fraction of sp³-hybridized carbons (Fsp3) is 0.0870. The van der Waals surface area contributed by atoms with Gasteiger partial charge in [0.2, 0.25) is 0 Å². The molecule has 0 bridgehead atoms. The molecular weight excluding hydrogens is 356 g/mol. The Kier molecular flexibility index (Phi) is 4.95. The average molecular weight is 375 g/mol. The van der Waals surface area contributed by atoms with Crippen molar-refractivity contribution in [3.63, 3.8) is 0 Å². The topological polar surface area (TPSA) is 27.1 Å². The fourth-order valence-electron chi connectivity index (χ4n) is 2.97.